The molecule has 0 aromatic carbocycles. The second-order valence-electron chi connectivity index (χ2n) is 4.49. The van der Waals surface area contributed by atoms with Gasteiger partial charge in [0.2, 0.25) is 0 Å². The minimum atomic E-state index is 0.271. The predicted molar refractivity (Wildman–Crippen MR) is 84.3 cm³/mol. The second-order valence-corrected chi connectivity index (χ2v) is 5.96. The zero-order chi connectivity index (χ0) is 14.4. The number of nitrogens with one attached hydrogen (secondary N) is 1. The highest BCUT2D eigenvalue weighted by molar-refractivity contribution is 7.99. The Morgan fingerprint density at radius 1 is 1.30 bits per heavy atom. The second kappa shape index (κ2) is 7.62. The number of pyridine rings is 2. The molecule has 106 valence electrons. The molecule has 1 atom stereocenters. The van der Waals surface area contributed by atoms with Crippen LogP contribution in [0.2, 0.25) is 5.02 Å². The van der Waals surface area contributed by atoms with Crippen LogP contribution in [0.3, 0.4) is 0 Å². The molecule has 0 aliphatic rings. The van der Waals surface area contributed by atoms with Crippen molar-refractivity contribution in [3.05, 3.63) is 47.4 Å². The third-order valence-electron chi connectivity index (χ3n) is 2.84. The fourth-order valence-electron chi connectivity index (χ4n) is 1.73. The van der Waals surface area contributed by atoms with Gasteiger partial charge in [-0.3, -0.25) is 4.98 Å². The van der Waals surface area contributed by atoms with Gasteiger partial charge < -0.3 is 5.32 Å². The van der Waals surface area contributed by atoms with E-state index in [1.807, 2.05) is 24.4 Å². The summed E-state index contributed by atoms with van der Waals surface area (Å²) in [6.07, 6.45) is 4.73. The molecule has 20 heavy (non-hydrogen) atoms. The van der Waals surface area contributed by atoms with Crippen LogP contribution in [0, 0.1) is 0 Å². The minimum absolute atomic E-state index is 0.271. The van der Waals surface area contributed by atoms with E-state index in [0.29, 0.717) is 5.02 Å². The summed E-state index contributed by atoms with van der Waals surface area (Å²) in [6, 6.07) is 8.05. The Labute approximate surface area is 129 Å². The van der Waals surface area contributed by atoms with Crippen LogP contribution in [0.15, 0.2) is 46.6 Å². The summed E-state index contributed by atoms with van der Waals surface area (Å²) < 4.78 is 0. The molecule has 1 unspecified atom stereocenters. The van der Waals surface area contributed by atoms with Crippen molar-refractivity contribution in [2.75, 3.05) is 6.54 Å². The van der Waals surface area contributed by atoms with E-state index in [1.165, 1.54) is 11.8 Å². The van der Waals surface area contributed by atoms with E-state index in [4.69, 9.17) is 11.6 Å². The third kappa shape index (κ3) is 4.20. The van der Waals surface area contributed by atoms with Crippen LogP contribution in [0.25, 0.3) is 0 Å². The van der Waals surface area contributed by atoms with Crippen LogP contribution >= 0.6 is 23.4 Å². The van der Waals surface area contributed by atoms with E-state index in [-0.39, 0.29) is 6.04 Å². The van der Waals surface area contributed by atoms with Gasteiger partial charge in [0.25, 0.3) is 0 Å². The van der Waals surface area contributed by atoms with Crippen molar-refractivity contribution < 1.29 is 0 Å². The molecule has 0 aliphatic heterocycles. The molecule has 1 N–H and O–H groups in total. The maximum Gasteiger partial charge on any atom is 0.119 e. The number of hydrogen-bond acceptors (Lipinski definition) is 4. The standard InChI is InChI=1S/C15H18ClN3S/c1-3-8-17-11(2)14-7-6-12(10-19-14)20-15-13(16)5-4-9-18-15/h4-7,9-11,17H,3,8H2,1-2H3. The van der Waals surface area contributed by atoms with E-state index in [9.17, 15) is 0 Å². The van der Waals surface area contributed by atoms with Crippen molar-refractivity contribution in [2.24, 2.45) is 0 Å². The fourth-order valence-corrected chi connectivity index (χ4v) is 2.71. The maximum atomic E-state index is 6.10. The fraction of sp³-hybridized carbons (Fsp3) is 0.333. The molecular formula is C15H18ClN3S. The summed E-state index contributed by atoms with van der Waals surface area (Å²) >= 11 is 7.63. The average molecular weight is 308 g/mol. The first-order valence-corrected chi connectivity index (χ1v) is 7.88. The monoisotopic (exact) mass is 307 g/mol. The lowest BCUT2D eigenvalue weighted by Crippen LogP contribution is -2.20. The van der Waals surface area contributed by atoms with Gasteiger partial charge in [0, 0.05) is 23.3 Å². The zero-order valence-electron chi connectivity index (χ0n) is 11.6. The molecule has 0 spiro atoms. The van der Waals surface area contributed by atoms with Crippen molar-refractivity contribution in [3.63, 3.8) is 0 Å². The molecule has 0 amide bonds. The van der Waals surface area contributed by atoms with Gasteiger partial charge in [0.15, 0.2) is 0 Å². The summed E-state index contributed by atoms with van der Waals surface area (Å²) in [5.41, 5.74) is 1.05. The summed E-state index contributed by atoms with van der Waals surface area (Å²) in [7, 11) is 0. The van der Waals surface area contributed by atoms with Crippen molar-refractivity contribution in [3.8, 4) is 0 Å². The predicted octanol–water partition coefficient (Wildman–Crippen LogP) is 4.34. The molecule has 5 heteroatoms. The van der Waals surface area contributed by atoms with Crippen LogP contribution in [0.1, 0.15) is 32.0 Å². The Hall–Kier alpha value is -1.10. The molecule has 0 radical (unpaired) electrons. The van der Waals surface area contributed by atoms with Gasteiger partial charge in [-0.1, -0.05) is 30.3 Å². The van der Waals surface area contributed by atoms with Gasteiger partial charge in [0.05, 0.1) is 10.7 Å². The SMILES string of the molecule is CCCNC(C)c1ccc(Sc2ncccc2Cl)cn1. The minimum Gasteiger partial charge on any atom is -0.309 e. The number of hydrogen-bond donors (Lipinski definition) is 1. The first-order valence-electron chi connectivity index (χ1n) is 6.68. The van der Waals surface area contributed by atoms with E-state index < -0.39 is 0 Å². The largest absolute Gasteiger partial charge is 0.309 e. The molecule has 2 rings (SSSR count). The molecule has 0 saturated heterocycles. The van der Waals surface area contributed by atoms with Crippen LogP contribution in [-0.4, -0.2) is 16.5 Å². The summed E-state index contributed by atoms with van der Waals surface area (Å²) in [4.78, 5) is 9.80. The van der Waals surface area contributed by atoms with Crippen molar-refractivity contribution in [1.29, 1.82) is 0 Å². The molecular weight excluding hydrogens is 290 g/mol. The Balaban J connectivity index is 2.03. The smallest absolute Gasteiger partial charge is 0.119 e. The van der Waals surface area contributed by atoms with Gasteiger partial charge in [-0.15, -0.1) is 0 Å². The topological polar surface area (TPSA) is 37.8 Å². The average Bonchev–Trinajstić information content (AvgIpc) is 2.48. The van der Waals surface area contributed by atoms with Crippen LogP contribution in [0.5, 0.6) is 0 Å². The van der Waals surface area contributed by atoms with E-state index in [0.717, 1.165) is 28.6 Å². The summed E-state index contributed by atoms with van der Waals surface area (Å²) in [5.74, 6) is 0. The number of aromatic nitrogens is 2. The van der Waals surface area contributed by atoms with Crippen molar-refractivity contribution in [1.82, 2.24) is 15.3 Å². The summed E-state index contributed by atoms with van der Waals surface area (Å²) in [5, 5.41) is 4.90. The van der Waals surface area contributed by atoms with Crippen molar-refractivity contribution in [2.45, 2.75) is 36.2 Å². The van der Waals surface area contributed by atoms with Gasteiger partial charge in [-0.2, -0.15) is 0 Å². The quantitative estimate of drug-likeness (QED) is 0.861. The van der Waals surface area contributed by atoms with E-state index in [2.05, 4.69) is 35.2 Å². The van der Waals surface area contributed by atoms with Crippen molar-refractivity contribution >= 4 is 23.4 Å². The maximum absolute atomic E-state index is 6.10. The number of halogens is 1. The highest BCUT2D eigenvalue weighted by Gasteiger charge is 2.07. The third-order valence-corrected chi connectivity index (χ3v) is 4.26. The van der Waals surface area contributed by atoms with E-state index >= 15 is 0 Å². The lowest BCUT2D eigenvalue weighted by Gasteiger charge is -2.12. The lowest BCUT2D eigenvalue weighted by molar-refractivity contribution is 0.558. The van der Waals surface area contributed by atoms with Crippen LogP contribution < -0.4 is 5.32 Å². The Kier molecular flexibility index (Phi) is 5.83. The van der Waals surface area contributed by atoms with Gasteiger partial charge >= 0.3 is 0 Å². The molecule has 3 nitrogen and oxygen atoms in total. The molecule has 0 fully saturated rings. The highest BCUT2D eigenvalue weighted by Crippen LogP contribution is 2.30. The molecule has 0 aliphatic carbocycles. The number of nitrogens with zero attached hydrogens (tertiary/aromatic N) is 2. The zero-order valence-corrected chi connectivity index (χ0v) is 13.2. The lowest BCUT2D eigenvalue weighted by atomic mass is 10.2. The number of rotatable bonds is 6. The first-order chi connectivity index (χ1) is 9.70. The summed E-state index contributed by atoms with van der Waals surface area (Å²) in [6.45, 7) is 5.28. The van der Waals surface area contributed by atoms with Crippen LogP contribution in [0.4, 0.5) is 0 Å². The van der Waals surface area contributed by atoms with Gasteiger partial charge in [-0.25, -0.2) is 4.98 Å². The molecule has 2 aromatic rings. The molecule has 0 saturated carbocycles. The Bertz CT molecular complexity index is 545. The Morgan fingerprint density at radius 3 is 2.80 bits per heavy atom. The molecule has 2 aromatic heterocycles. The first kappa shape index (κ1) is 15.3. The van der Waals surface area contributed by atoms with Gasteiger partial charge in [-0.05, 0) is 44.2 Å². The highest BCUT2D eigenvalue weighted by atomic mass is 35.5. The van der Waals surface area contributed by atoms with Gasteiger partial charge in [0.1, 0.15) is 5.03 Å². The van der Waals surface area contributed by atoms with Crippen LogP contribution in [-0.2, 0) is 0 Å². The molecule has 2 heterocycles. The Morgan fingerprint density at radius 2 is 2.15 bits per heavy atom. The molecule has 0 bridgehead atoms. The normalized spacial score (nSPS) is 12.3. The van der Waals surface area contributed by atoms with E-state index in [1.54, 1.807) is 6.20 Å².